The molecule has 0 saturated heterocycles. The average molecular weight is 554 g/mol. The van der Waals surface area contributed by atoms with Gasteiger partial charge in [0.25, 0.3) is 0 Å². The normalized spacial score (nSPS) is 10.1. The van der Waals surface area contributed by atoms with E-state index in [1.54, 1.807) is 0 Å². The van der Waals surface area contributed by atoms with Crippen LogP contribution in [0.2, 0.25) is 0 Å². The lowest BCUT2D eigenvalue weighted by Gasteiger charge is -2.10. The maximum Gasteiger partial charge on any atom is 0.343 e. The summed E-state index contributed by atoms with van der Waals surface area (Å²) < 4.78 is 58.6. The summed E-state index contributed by atoms with van der Waals surface area (Å²) in [4.78, 5) is 46.7. The second-order valence-corrected chi connectivity index (χ2v) is 7.40. The first-order valence-electron chi connectivity index (χ1n) is 11.2. The van der Waals surface area contributed by atoms with Gasteiger partial charge in [0.15, 0.2) is 23.1 Å². The predicted molar refractivity (Wildman–Crippen MR) is 133 cm³/mol. The summed E-state index contributed by atoms with van der Waals surface area (Å²) in [5.74, 6) is -6.67. The van der Waals surface area contributed by atoms with Gasteiger partial charge in [0.2, 0.25) is 13.6 Å². The fraction of sp³-hybridized carbons (Fsp3) is 0.0714. The van der Waals surface area contributed by atoms with Gasteiger partial charge in [0.1, 0.15) is 11.5 Å². The first-order chi connectivity index (χ1) is 19.2. The molecule has 0 radical (unpaired) electrons. The Bertz CT molecular complexity index is 1310. The Morgan fingerprint density at radius 1 is 0.625 bits per heavy atom. The molecule has 0 spiro atoms. The van der Waals surface area contributed by atoms with Crippen LogP contribution in [0.3, 0.4) is 0 Å². The van der Waals surface area contributed by atoms with Crippen LogP contribution in [0.15, 0.2) is 86.0 Å². The van der Waals surface area contributed by atoms with Crippen molar-refractivity contribution in [1.82, 2.24) is 0 Å². The highest BCUT2D eigenvalue weighted by molar-refractivity contribution is 5.92. The number of hydrogen-bond donors (Lipinski definition) is 0. The Morgan fingerprint density at radius 2 is 0.975 bits per heavy atom. The van der Waals surface area contributed by atoms with E-state index in [2.05, 4.69) is 22.6 Å². The van der Waals surface area contributed by atoms with E-state index in [4.69, 9.17) is 18.9 Å². The zero-order valence-corrected chi connectivity index (χ0v) is 20.6. The molecule has 0 saturated carbocycles. The lowest BCUT2D eigenvalue weighted by molar-refractivity contribution is -0.145. The maximum atomic E-state index is 14.5. The van der Waals surface area contributed by atoms with E-state index >= 15 is 0 Å². The van der Waals surface area contributed by atoms with Crippen molar-refractivity contribution < 1.29 is 56.4 Å². The SMILES string of the molecule is C=CC(=O)OCOc1ccc(C(=O)Oc2cc(F)c(OC(=O)c3ccc(OCOC(=O)C=C)cc3)cc2F)cc1. The number of carbonyl (C=O) groups excluding carboxylic acids is 4. The zero-order valence-electron chi connectivity index (χ0n) is 20.6. The molecule has 3 aromatic rings. The van der Waals surface area contributed by atoms with Gasteiger partial charge in [-0.2, -0.15) is 0 Å². The first-order valence-corrected chi connectivity index (χ1v) is 11.2. The largest absolute Gasteiger partial charge is 0.457 e. The molecule has 0 bridgehead atoms. The summed E-state index contributed by atoms with van der Waals surface area (Å²) >= 11 is 0. The molecule has 0 amide bonds. The van der Waals surface area contributed by atoms with Crippen LogP contribution in [0.25, 0.3) is 0 Å². The second-order valence-electron chi connectivity index (χ2n) is 7.40. The van der Waals surface area contributed by atoms with Crippen molar-refractivity contribution in [3.8, 4) is 23.0 Å². The van der Waals surface area contributed by atoms with Crippen molar-refractivity contribution in [2.75, 3.05) is 13.6 Å². The molecule has 0 fully saturated rings. The molecule has 3 rings (SSSR count). The van der Waals surface area contributed by atoms with Crippen LogP contribution in [-0.4, -0.2) is 37.5 Å². The van der Waals surface area contributed by atoms with Crippen LogP contribution in [0.5, 0.6) is 23.0 Å². The van der Waals surface area contributed by atoms with Crippen molar-refractivity contribution >= 4 is 23.9 Å². The summed E-state index contributed by atoms with van der Waals surface area (Å²) in [5, 5.41) is 0. The summed E-state index contributed by atoms with van der Waals surface area (Å²) in [6, 6.07) is 11.8. The van der Waals surface area contributed by atoms with Gasteiger partial charge in [0, 0.05) is 24.3 Å². The molecule has 0 atom stereocenters. The van der Waals surface area contributed by atoms with Gasteiger partial charge in [-0.25, -0.2) is 28.0 Å². The lowest BCUT2D eigenvalue weighted by Crippen LogP contribution is -2.12. The summed E-state index contributed by atoms with van der Waals surface area (Å²) in [6.45, 7) is 5.71. The van der Waals surface area contributed by atoms with Crippen molar-refractivity contribution in [1.29, 1.82) is 0 Å². The molecular weight excluding hydrogens is 534 g/mol. The van der Waals surface area contributed by atoms with Gasteiger partial charge in [-0.3, -0.25) is 0 Å². The molecule has 0 aliphatic heterocycles. The van der Waals surface area contributed by atoms with E-state index in [0.717, 1.165) is 12.2 Å². The number of benzene rings is 3. The standard InChI is InChI=1S/C28H20F2O10/c1-3-25(31)37-15-35-19-9-5-17(6-10-19)27(33)39-23-13-22(30)24(14-21(23)29)40-28(34)18-7-11-20(12-8-18)36-16-38-26(32)4-2/h3-14H,1-2,15-16H2. The zero-order chi connectivity index (χ0) is 29.1. The van der Waals surface area contributed by atoms with E-state index in [-0.39, 0.29) is 36.2 Å². The van der Waals surface area contributed by atoms with Crippen LogP contribution < -0.4 is 18.9 Å². The smallest absolute Gasteiger partial charge is 0.343 e. The Morgan fingerprint density at radius 3 is 1.30 bits per heavy atom. The molecule has 10 nitrogen and oxygen atoms in total. The van der Waals surface area contributed by atoms with Gasteiger partial charge >= 0.3 is 23.9 Å². The van der Waals surface area contributed by atoms with Gasteiger partial charge in [-0.1, -0.05) is 13.2 Å². The predicted octanol–water partition coefficient (Wildman–Crippen LogP) is 4.53. The quantitative estimate of drug-likeness (QED) is 0.136. The topological polar surface area (TPSA) is 124 Å². The summed E-state index contributed by atoms with van der Waals surface area (Å²) in [7, 11) is 0. The van der Waals surface area contributed by atoms with Gasteiger partial charge in [0.05, 0.1) is 11.1 Å². The maximum absolute atomic E-state index is 14.5. The lowest BCUT2D eigenvalue weighted by atomic mass is 10.2. The second kappa shape index (κ2) is 13.9. The molecule has 0 N–H and O–H groups in total. The number of esters is 4. The molecule has 0 aromatic heterocycles. The first kappa shape index (κ1) is 29.0. The fourth-order valence-electron chi connectivity index (χ4n) is 2.79. The minimum Gasteiger partial charge on any atom is -0.457 e. The van der Waals surface area contributed by atoms with E-state index in [9.17, 15) is 28.0 Å². The Hall–Kier alpha value is -5.52. The summed E-state index contributed by atoms with van der Waals surface area (Å²) in [6.07, 6.45) is 1.93. The highest BCUT2D eigenvalue weighted by atomic mass is 19.1. The van der Waals surface area contributed by atoms with Gasteiger partial charge in [-0.05, 0) is 48.5 Å². The molecule has 0 heterocycles. The highest BCUT2D eigenvalue weighted by Crippen LogP contribution is 2.28. The van der Waals surface area contributed by atoms with Gasteiger partial charge < -0.3 is 28.4 Å². The van der Waals surface area contributed by atoms with Crippen molar-refractivity contribution in [2.45, 2.75) is 0 Å². The number of halogens is 2. The van der Waals surface area contributed by atoms with Crippen LogP contribution in [0, 0.1) is 11.6 Å². The Kier molecular flexibility index (Phi) is 10.1. The molecular formula is C28H20F2O10. The van der Waals surface area contributed by atoms with Crippen molar-refractivity contribution in [3.63, 3.8) is 0 Å². The van der Waals surface area contributed by atoms with Crippen molar-refractivity contribution in [2.24, 2.45) is 0 Å². The van der Waals surface area contributed by atoms with Crippen LogP contribution in [-0.2, 0) is 19.1 Å². The van der Waals surface area contributed by atoms with E-state index in [1.807, 2.05) is 0 Å². The minimum atomic E-state index is -1.17. The highest BCUT2D eigenvalue weighted by Gasteiger charge is 2.19. The van der Waals surface area contributed by atoms with Crippen LogP contribution in [0.4, 0.5) is 8.78 Å². The summed E-state index contributed by atoms with van der Waals surface area (Å²) in [5.41, 5.74) is -0.0333. The van der Waals surface area contributed by atoms with Crippen molar-refractivity contribution in [3.05, 3.63) is 109 Å². The molecule has 206 valence electrons. The van der Waals surface area contributed by atoms with Gasteiger partial charge in [-0.15, -0.1) is 0 Å². The third-order valence-corrected chi connectivity index (χ3v) is 4.76. The monoisotopic (exact) mass is 554 g/mol. The molecule has 0 unspecified atom stereocenters. The minimum absolute atomic E-state index is 0.0166. The molecule has 0 aliphatic rings. The number of hydrogen-bond acceptors (Lipinski definition) is 10. The molecule has 0 aliphatic carbocycles. The number of ether oxygens (including phenoxy) is 6. The third kappa shape index (κ3) is 8.25. The average Bonchev–Trinajstić information content (AvgIpc) is 2.96. The Balaban J connectivity index is 1.58. The van der Waals surface area contributed by atoms with E-state index in [1.165, 1.54) is 48.5 Å². The molecule has 40 heavy (non-hydrogen) atoms. The number of carbonyl (C=O) groups is 4. The van der Waals surface area contributed by atoms with Crippen LogP contribution in [0.1, 0.15) is 20.7 Å². The Labute approximate surface area is 225 Å². The van der Waals surface area contributed by atoms with Crippen LogP contribution >= 0.6 is 0 Å². The van der Waals surface area contributed by atoms with E-state index in [0.29, 0.717) is 12.1 Å². The number of rotatable bonds is 12. The third-order valence-electron chi connectivity index (χ3n) is 4.76. The van der Waals surface area contributed by atoms with E-state index < -0.39 is 47.0 Å². The molecule has 12 heteroatoms. The molecule has 3 aromatic carbocycles. The fourth-order valence-corrected chi connectivity index (χ4v) is 2.79.